The van der Waals surface area contributed by atoms with Crippen LogP contribution in [0.15, 0.2) is 0 Å². The van der Waals surface area contributed by atoms with Gasteiger partial charge in [-0.1, -0.05) is 6.42 Å². The second-order valence-corrected chi connectivity index (χ2v) is 14.4. The van der Waals surface area contributed by atoms with E-state index in [0.29, 0.717) is 12.8 Å². The number of unbranched alkanes of at least 4 members (excludes halogenated alkanes) is 1. The summed E-state index contributed by atoms with van der Waals surface area (Å²) < 4.78 is 34.3. The predicted octanol–water partition coefficient (Wildman–Crippen LogP) is -6.05. The van der Waals surface area contributed by atoms with Crippen molar-refractivity contribution in [3.63, 3.8) is 0 Å². The smallest absolute Gasteiger partial charge is 0.325 e. The van der Waals surface area contributed by atoms with Gasteiger partial charge in [-0.2, -0.15) is 0 Å². The van der Waals surface area contributed by atoms with Gasteiger partial charge in [0.05, 0.1) is 92.8 Å². The van der Waals surface area contributed by atoms with Crippen molar-refractivity contribution >= 4 is 77.2 Å². The molecule has 1 heterocycles. The van der Waals surface area contributed by atoms with Crippen LogP contribution in [0.2, 0.25) is 0 Å². The van der Waals surface area contributed by atoms with Crippen molar-refractivity contribution in [2.45, 2.75) is 80.4 Å². The summed E-state index contributed by atoms with van der Waals surface area (Å²) in [5.74, 6) is -3.38. The predicted molar refractivity (Wildman–Crippen MR) is 218 cm³/mol. The first-order valence-electron chi connectivity index (χ1n) is 18.0. The molecule has 1 aliphatic rings. The minimum absolute atomic E-state index is 0.0370. The molecule has 344 valence electrons. The quantitative estimate of drug-likeness (QED) is 0.0239. The maximum Gasteiger partial charge on any atom is 0.325 e. The first-order chi connectivity index (χ1) is 28.0. The number of nitrogens with zero attached hydrogens (tertiary/aromatic N) is 3. The van der Waals surface area contributed by atoms with Crippen LogP contribution in [0.5, 0.6) is 0 Å². The Kier molecular flexibility index (Phi) is 29.3. The molecule has 0 spiro atoms. The highest BCUT2D eigenvalue weighted by Crippen LogP contribution is 2.25. The Bertz CT molecular complexity index is 1190. The van der Waals surface area contributed by atoms with Crippen LogP contribution in [0.25, 0.3) is 0 Å². The lowest BCUT2D eigenvalue weighted by Gasteiger charge is -2.42. The molecule has 0 aromatic carbocycles. The van der Waals surface area contributed by atoms with Crippen LogP contribution in [0.3, 0.4) is 0 Å². The summed E-state index contributed by atoms with van der Waals surface area (Å²) in [4.78, 5) is 66.1. The molecule has 15 atom stereocenters. The number of aliphatic hydroxyl groups is 8. The van der Waals surface area contributed by atoms with Gasteiger partial charge in [0.25, 0.3) is 0 Å². The molecule has 1 aliphatic heterocycles. The molecule has 1 fully saturated rings. The minimum Gasteiger partial charge on any atom is -0.451 e. The number of ether oxygens (including phenoxy) is 2. The van der Waals surface area contributed by atoms with Crippen LogP contribution in [0, 0.1) is 0 Å². The average Bonchev–Trinajstić information content (AvgIpc) is 3.23. The van der Waals surface area contributed by atoms with Crippen LogP contribution in [0.1, 0.15) is 19.3 Å². The van der Waals surface area contributed by atoms with Gasteiger partial charge in [0.1, 0.15) is 48.8 Å². The summed E-state index contributed by atoms with van der Waals surface area (Å²) in [7, 11) is 9.13. The lowest BCUT2D eigenvalue weighted by atomic mass is 9.98. The van der Waals surface area contributed by atoms with Crippen LogP contribution in [-0.4, -0.2) is 225 Å². The summed E-state index contributed by atoms with van der Waals surface area (Å²) in [6.45, 7) is -2.84. The van der Waals surface area contributed by atoms with Crippen molar-refractivity contribution in [1.29, 1.82) is 0 Å². The molecule has 0 aliphatic carbocycles. The van der Waals surface area contributed by atoms with Crippen LogP contribution < -0.4 is 5.32 Å². The lowest BCUT2D eigenvalue weighted by molar-refractivity contribution is -0.327. The van der Waals surface area contributed by atoms with Gasteiger partial charge >= 0.3 is 29.8 Å². The van der Waals surface area contributed by atoms with E-state index in [-0.39, 0.29) is 71.9 Å². The zero-order chi connectivity index (χ0) is 44.7. The molecule has 29 heteroatoms. The van der Waals surface area contributed by atoms with Gasteiger partial charge in [0.15, 0.2) is 6.29 Å². The van der Waals surface area contributed by atoms with Crippen LogP contribution in [0.4, 0.5) is 0 Å². The van der Waals surface area contributed by atoms with Crippen LogP contribution in [-0.2, 0) is 56.1 Å². The minimum atomic E-state index is -1.89. The highest BCUT2D eigenvalue weighted by atomic mass is 31.0. The molecule has 0 saturated carbocycles. The number of aliphatic hydroxyl groups excluding tert-OH is 8. The second kappa shape index (κ2) is 30.9. The number of nitrogens with one attached hydrogen (secondary N) is 1. The van der Waals surface area contributed by atoms with Crippen LogP contribution >= 0.6 is 47.3 Å². The van der Waals surface area contributed by atoms with E-state index in [9.17, 15) is 64.8 Å². The third-order valence-electron chi connectivity index (χ3n) is 9.04. The summed E-state index contributed by atoms with van der Waals surface area (Å²) >= 11 is 0. The van der Waals surface area contributed by atoms with Gasteiger partial charge in [-0.05, 0) is 19.4 Å². The highest BCUT2D eigenvalue weighted by Gasteiger charge is 2.47. The van der Waals surface area contributed by atoms with E-state index in [1.165, 1.54) is 9.80 Å². The molecule has 59 heavy (non-hydrogen) atoms. The van der Waals surface area contributed by atoms with E-state index in [0.717, 1.165) is 0 Å². The number of hydrogen-bond acceptors (Lipinski definition) is 24. The molecule has 0 bridgehead atoms. The average molecular weight is 951 g/mol. The molecule has 0 aromatic rings. The fraction of sp³-hybridized carbons (Fsp3) is 0.833. The number of carbonyl (C=O) groups is 5. The summed E-state index contributed by atoms with van der Waals surface area (Å²) in [6.07, 6.45) is -14.7. The number of carbonyl (C=O) groups excluding carboxylic acids is 5. The fourth-order valence-corrected chi connectivity index (χ4v) is 6.27. The summed E-state index contributed by atoms with van der Waals surface area (Å²) in [6, 6.07) is -0.936. The van der Waals surface area contributed by atoms with Crippen molar-refractivity contribution in [3.05, 3.63) is 0 Å². The SMILES string of the molecule is O=C(CN(CCN(CCN(CC(=O)OP)CC(=O)OP)C(CCCCNCC(O)C(O)C(OC1OC(CO)C(O)C(O)C1O)C(O)CO)C(=O)OP)CC(=O)OP)OP. The summed E-state index contributed by atoms with van der Waals surface area (Å²) in [5, 5.41) is 84.2. The number of rotatable bonds is 30. The van der Waals surface area contributed by atoms with E-state index in [1.807, 2.05) is 47.3 Å². The molecule has 24 nitrogen and oxygen atoms in total. The summed E-state index contributed by atoms with van der Waals surface area (Å²) in [5.41, 5.74) is 0. The van der Waals surface area contributed by atoms with Crippen molar-refractivity contribution in [1.82, 2.24) is 20.0 Å². The zero-order valence-corrected chi connectivity index (χ0v) is 37.9. The van der Waals surface area contributed by atoms with Gasteiger partial charge in [0, 0.05) is 32.7 Å². The first kappa shape index (κ1) is 56.0. The Balaban J connectivity index is 3.06. The number of hydrogen-bond donors (Lipinski definition) is 9. The first-order valence-corrected chi connectivity index (χ1v) is 20.4. The van der Waals surface area contributed by atoms with E-state index in [2.05, 4.69) is 23.4 Å². The normalized spacial score (nSPS) is 22.0. The molecular weight excluding hydrogens is 891 g/mol. The van der Waals surface area contributed by atoms with Crippen molar-refractivity contribution in [2.24, 2.45) is 0 Å². The van der Waals surface area contributed by atoms with Gasteiger partial charge in [-0.3, -0.25) is 38.7 Å². The van der Waals surface area contributed by atoms with Gasteiger partial charge < -0.3 is 78.3 Å². The largest absolute Gasteiger partial charge is 0.451 e. The third kappa shape index (κ3) is 20.3. The Morgan fingerprint density at radius 3 is 1.58 bits per heavy atom. The monoisotopic (exact) mass is 950 g/mol. The Hall–Kier alpha value is -1.06. The van der Waals surface area contributed by atoms with Crippen molar-refractivity contribution in [2.75, 3.05) is 78.7 Å². The van der Waals surface area contributed by atoms with Crippen molar-refractivity contribution in [3.8, 4) is 0 Å². The second-order valence-electron chi connectivity index (χ2n) is 13.2. The molecule has 1 saturated heterocycles. The maximum atomic E-state index is 13.2. The Morgan fingerprint density at radius 1 is 0.661 bits per heavy atom. The Morgan fingerprint density at radius 2 is 1.15 bits per heavy atom. The maximum absolute atomic E-state index is 13.2. The standard InChI is InChI=1S/C30H59N4O20P5/c35-14-18(38)28(49-30-27(46)26(45)25(44)19(15-36)48-30)24(43)17(37)9-31-4-2-1-3-16(29(47)54-59)34(7-5-32(10-20(39)50-55)11-21(40)51-56)8-6-33(12-22(41)52-57)13-23(42)53-58/h16-19,24-28,30-31,35-38,43-46H,1-15,55-59H2. The van der Waals surface area contributed by atoms with E-state index >= 15 is 0 Å². The fourth-order valence-electron chi connectivity index (χ4n) is 5.81. The molecule has 15 unspecified atom stereocenters. The molecule has 0 aromatic heterocycles. The topological polar surface area (TPSA) is 334 Å². The molecule has 1 rings (SSSR count). The molecular formula is C30H59N4O20P5. The van der Waals surface area contributed by atoms with Gasteiger partial charge in [-0.15, -0.1) is 0 Å². The van der Waals surface area contributed by atoms with E-state index < -0.39 is 104 Å². The Labute approximate surface area is 352 Å². The lowest BCUT2D eigenvalue weighted by Crippen LogP contribution is -2.61. The van der Waals surface area contributed by atoms with E-state index in [1.54, 1.807) is 4.90 Å². The molecule has 0 amide bonds. The van der Waals surface area contributed by atoms with Crippen molar-refractivity contribution < 1.29 is 96.9 Å². The van der Waals surface area contributed by atoms with Gasteiger partial charge in [-0.25, -0.2) is 0 Å². The molecule has 0 radical (unpaired) electrons. The van der Waals surface area contributed by atoms with E-state index in [4.69, 9.17) is 14.0 Å². The third-order valence-corrected chi connectivity index (χ3v) is 10.3. The zero-order valence-electron chi connectivity index (χ0n) is 32.1. The molecule has 9 N–H and O–H groups in total. The highest BCUT2D eigenvalue weighted by molar-refractivity contribution is 7.11. The van der Waals surface area contributed by atoms with Gasteiger partial charge in [0.2, 0.25) is 0 Å².